The molecule has 1 heteroatoms. The van der Waals surface area contributed by atoms with Crippen molar-refractivity contribution in [2.45, 2.75) is 12.7 Å². The van der Waals surface area contributed by atoms with Crippen molar-refractivity contribution in [2.24, 2.45) is 0 Å². The first-order valence-electron chi connectivity index (χ1n) is 5.24. The van der Waals surface area contributed by atoms with E-state index in [9.17, 15) is 0 Å². The Kier molecular flexibility index (Phi) is 3.23. The molecule has 0 aliphatic carbocycles. The highest BCUT2D eigenvalue weighted by molar-refractivity contribution is 6.08. The van der Waals surface area contributed by atoms with Crippen LogP contribution >= 0.6 is 0 Å². The van der Waals surface area contributed by atoms with Gasteiger partial charge in [-0.25, -0.2) is 0 Å². The summed E-state index contributed by atoms with van der Waals surface area (Å²) < 4.78 is 0. The van der Waals surface area contributed by atoms with E-state index in [1.54, 1.807) is 0 Å². The summed E-state index contributed by atoms with van der Waals surface area (Å²) in [6.07, 6.45) is 1.67. The number of hydrogen-bond donors (Lipinski definition) is 0. The molecular formula is C14H13B. The Labute approximate surface area is 92.4 Å². The minimum absolute atomic E-state index is 0.713. The molecule has 0 aliphatic heterocycles. The van der Waals surface area contributed by atoms with E-state index in [-0.39, 0.29) is 0 Å². The van der Waals surface area contributed by atoms with Gasteiger partial charge in [0, 0.05) is 0 Å². The van der Waals surface area contributed by atoms with Crippen LogP contribution < -0.4 is 0 Å². The van der Waals surface area contributed by atoms with Gasteiger partial charge >= 0.3 is 0 Å². The second-order valence-electron chi connectivity index (χ2n) is 3.60. The van der Waals surface area contributed by atoms with Gasteiger partial charge in [-0.05, 0) is 23.1 Å². The van der Waals surface area contributed by atoms with Gasteiger partial charge in [0.2, 0.25) is 0 Å². The number of benzene rings is 2. The molecule has 15 heavy (non-hydrogen) atoms. The molecule has 2 radical (unpaired) electrons. The summed E-state index contributed by atoms with van der Waals surface area (Å²) in [5.41, 5.74) is 3.82. The molecule has 2 aromatic rings. The van der Waals surface area contributed by atoms with Gasteiger partial charge < -0.3 is 0 Å². The maximum absolute atomic E-state index is 5.51. The van der Waals surface area contributed by atoms with Crippen molar-refractivity contribution in [3.05, 3.63) is 60.2 Å². The molecule has 0 amide bonds. The van der Waals surface area contributed by atoms with Gasteiger partial charge in [0.25, 0.3) is 0 Å². The second-order valence-corrected chi connectivity index (χ2v) is 3.60. The fraction of sp³-hybridized carbons (Fsp3) is 0.143. The number of rotatable bonds is 3. The molecule has 0 heterocycles. The van der Waals surface area contributed by atoms with Crippen LogP contribution in [0.4, 0.5) is 0 Å². The van der Waals surface area contributed by atoms with Crippen molar-refractivity contribution in [2.75, 3.05) is 0 Å². The maximum Gasteiger partial charge on any atom is 0.0657 e. The summed E-state index contributed by atoms with van der Waals surface area (Å²) in [5, 5.41) is 0. The predicted molar refractivity (Wildman–Crippen MR) is 66.1 cm³/mol. The zero-order valence-corrected chi connectivity index (χ0v) is 8.69. The van der Waals surface area contributed by atoms with Crippen LogP contribution in [0, 0.1) is 0 Å². The first-order valence-corrected chi connectivity index (χ1v) is 5.24. The van der Waals surface area contributed by atoms with Gasteiger partial charge in [-0.1, -0.05) is 60.9 Å². The number of hydrogen-bond acceptors (Lipinski definition) is 0. The molecule has 0 unspecified atom stereocenters. The summed E-state index contributed by atoms with van der Waals surface area (Å²) in [6, 6.07) is 19.0. The minimum atomic E-state index is 0.713. The summed E-state index contributed by atoms with van der Waals surface area (Å²) in [7, 11) is 5.51. The molecule has 0 spiro atoms. The van der Waals surface area contributed by atoms with Crippen molar-refractivity contribution in [3.63, 3.8) is 0 Å². The van der Waals surface area contributed by atoms with E-state index in [1.165, 1.54) is 16.7 Å². The van der Waals surface area contributed by atoms with Gasteiger partial charge in [-0.15, -0.1) is 0 Å². The molecule has 0 aliphatic rings. The summed E-state index contributed by atoms with van der Waals surface area (Å²) in [4.78, 5) is 0. The largest absolute Gasteiger partial charge is 0.0847 e. The molecule has 2 aromatic carbocycles. The van der Waals surface area contributed by atoms with Gasteiger partial charge in [-0.2, -0.15) is 0 Å². The lowest BCUT2D eigenvalue weighted by atomic mass is 9.96. The summed E-state index contributed by atoms with van der Waals surface area (Å²) >= 11 is 0. The average molecular weight is 192 g/mol. The van der Waals surface area contributed by atoms with Crippen molar-refractivity contribution >= 4 is 7.85 Å². The Morgan fingerprint density at radius 1 is 0.733 bits per heavy atom. The molecule has 0 saturated carbocycles. The molecule has 0 N–H and O–H groups in total. The lowest BCUT2D eigenvalue weighted by Gasteiger charge is -2.03. The van der Waals surface area contributed by atoms with Gasteiger partial charge in [0.1, 0.15) is 0 Å². The quantitative estimate of drug-likeness (QED) is 0.653. The van der Waals surface area contributed by atoms with Crippen LogP contribution in [0.2, 0.25) is 6.32 Å². The molecule has 0 nitrogen and oxygen atoms in total. The fourth-order valence-corrected chi connectivity index (χ4v) is 1.66. The monoisotopic (exact) mass is 192 g/mol. The van der Waals surface area contributed by atoms with Gasteiger partial charge in [0.05, 0.1) is 7.85 Å². The van der Waals surface area contributed by atoms with Crippen molar-refractivity contribution in [3.8, 4) is 11.1 Å². The second kappa shape index (κ2) is 4.83. The molecular weight excluding hydrogens is 179 g/mol. The Hall–Kier alpha value is -1.50. The Morgan fingerprint density at radius 3 is 1.93 bits per heavy atom. The van der Waals surface area contributed by atoms with Crippen molar-refractivity contribution in [1.82, 2.24) is 0 Å². The zero-order chi connectivity index (χ0) is 10.5. The lowest BCUT2D eigenvalue weighted by Crippen LogP contribution is -1.84. The Bertz CT molecular complexity index is 403. The van der Waals surface area contributed by atoms with E-state index in [1.807, 2.05) is 6.07 Å². The topological polar surface area (TPSA) is 0 Å². The molecule has 0 bridgehead atoms. The van der Waals surface area contributed by atoms with Crippen LogP contribution in [0.1, 0.15) is 5.56 Å². The number of aryl methyl sites for hydroxylation is 1. The highest BCUT2D eigenvalue weighted by Crippen LogP contribution is 2.19. The van der Waals surface area contributed by atoms with Gasteiger partial charge in [-0.3, -0.25) is 0 Å². The molecule has 0 saturated heterocycles. The maximum atomic E-state index is 5.51. The van der Waals surface area contributed by atoms with Crippen LogP contribution in [-0.2, 0) is 6.42 Å². The molecule has 2 rings (SSSR count). The third-order valence-corrected chi connectivity index (χ3v) is 2.49. The smallest absolute Gasteiger partial charge is 0.0657 e. The van der Waals surface area contributed by atoms with Crippen molar-refractivity contribution in [1.29, 1.82) is 0 Å². The van der Waals surface area contributed by atoms with E-state index >= 15 is 0 Å². The third-order valence-electron chi connectivity index (χ3n) is 2.49. The van der Waals surface area contributed by atoms with E-state index < -0.39 is 0 Å². The predicted octanol–water partition coefficient (Wildman–Crippen LogP) is 3.48. The zero-order valence-electron chi connectivity index (χ0n) is 8.69. The summed E-state index contributed by atoms with van der Waals surface area (Å²) in [5.74, 6) is 0. The SMILES string of the molecule is [B]CCc1ccc(-c2ccccc2)cc1. The molecule has 72 valence electrons. The van der Waals surface area contributed by atoms with Crippen LogP contribution in [0.25, 0.3) is 11.1 Å². The third kappa shape index (κ3) is 2.50. The standard InChI is InChI=1S/C14H13B/c15-11-10-12-6-8-14(9-7-12)13-4-2-1-3-5-13/h1-9H,10-11H2. The van der Waals surface area contributed by atoms with Crippen LogP contribution in [-0.4, -0.2) is 7.85 Å². The van der Waals surface area contributed by atoms with Crippen molar-refractivity contribution < 1.29 is 0 Å². The Balaban J connectivity index is 2.24. The minimum Gasteiger partial charge on any atom is -0.0847 e. The van der Waals surface area contributed by atoms with Crippen LogP contribution in [0.15, 0.2) is 54.6 Å². The highest BCUT2D eigenvalue weighted by Gasteiger charge is 1.96. The fourth-order valence-electron chi connectivity index (χ4n) is 1.66. The van der Waals surface area contributed by atoms with E-state index in [0.29, 0.717) is 6.32 Å². The lowest BCUT2D eigenvalue weighted by molar-refractivity contribution is 1.13. The van der Waals surface area contributed by atoms with Crippen LogP contribution in [0.5, 0.6) is 0 Å². The molecule has 0 atom stereocenters. The summed E-state index contributed by atoms with van der Waals surface area (Å²) in [6.45, 7) is 0. The van der Waals surface area contributed by atoms with Gasteiger partial charge in [0.15, 0.2) is 0 Å². The first kappa shape index (κ1) is 10.0. The first-order chi connectivity index (χ1) is 7.40. The van der Waals surface area contributed by atoms with Crippen LogP contribution in [0.3, 0.4) is 0 Å². The van der Waals surface area contributed by atoms with E-state index in [4.69, 9.17) is 7.85 Å². The molecule has 0 aromatic heterocycles. The van der Waals surface area contributed by atoms with E-state index in [2.05, 4.69) is 48.5 Å². The average Bonchev–Trinajstić information content (AvgIpc) is 2.32. The molecule has 0 fully saturated rings. The normalized spacial score (nSPS) is 10.1. The van der Waals surface area contributed by atoms with E-state index in [0.717, 1.165) is 6.42 Å². The Morgan fingerprint density at radius 2 is 1.33 bits per heavy atom. The highest BCUT2D eigenvalue weighted by atomic mass is 14.0.